The zero-order valence-electron chi connectivity index (χ0n) is 11.9. The second-order valence-corrected chi connectivity index (χ2v) is 6.61. The van der Waals surface area contributed by atoms with Crippen LogP contribution in [-0.4, -0.2) is 52.7 Å². The number of hydrogen-bond acceptors (Lipinski definition) is 4. The van der Waals surface area contributed by atoms with E-state index in [0.717, 1.165) is 31.9 Å². The molecule has 0 bridgehead atoms. The Bertz CT molecular complexity index is 584. The van der Waals surface area contributed by atoms with Gasteiger partial charge in [0, 0.05) is 13.1 Å². The first kappa shape index (κ1) is 16.0. The number of hydrogen-bond donors (Lipinski definition) is 1. The first-order valence-corrected chi connectivity index (χ1v) is 8.58. The van der Waals surface area contributed by atoms with Crippen molar-refractivity contribution in [3.05, 3.63) is 35.9 Å². The fraction of sp³-hybridized carbons (Fsp3) is 0.467. The molecule has 0 aliphatic carbocycles. The number of sulfonamides is 1. The van der Waals surface area contributed by atoms with Gasteiger partial charge in [0.1, 0.15) is 0 Å². The Kier molecular flexibility index (Phi) is 6.21. The van der Waals surface area contributed by atoms with Crippen molar-refractivity contribution in [3.63, 3.8) is 0 Å². The van der Waals surface area contributed by atoms with Gasteiger partial charge in [0.25, 0.3) is 0 Å². The lowest BCUT2D eigenvalue weighted by Crippen LogP contribution is -2.36. The molecular weight excluding hydrogens is 288 g/mol. The Morgan fingerprint density at radius 3 is 2.57 bits per heavy atom. The Labute approximate surface area is 126 Å². The zero-order chi connectivity index (χ0) is 15.0. The fourth-order valence-electron chi connectivity index (χ4n) is 1.98. The molecule has 21 heavy (non-hydrogen) atoms. The Morgan fingerprint density at radius 2 is 1.86 bits per heavy atom. The highest BCUT2D eigenvalue weighted by molar-refractivity contribution is 7.88. The van der Waals surface area contributed by atoms with E-state index in [1.165, 1.54) is 0 Å². The minimum atomic E-state index is -3.33. The molecule has 0 aromatic heterocycles. The van der Waals surface area contributed by atoms with Crippen molar-refractivity contribution in [2.75, 3.05) is 39.4 Å². The maximum absolute atomic E-state index is 11.9. The molecule has 1 aliphatic rings. The van der Waals surface area contributed by atoms with E-state index in [-0.39, 0.29) is 12.3 Å². The van der Waals surface area contributed by atoms with E-state index >= 15 is 0 Å². The topological polar surface area (TPSA) is 58.6 Å². The van der Waals surface area contributed by atoms with Gasteiger partial charge in [-0.25, -0.2) is 13.1 Å². The van der Waals surface area contributed by atoms with Crippen molar-refractivity contribution in [2.45, 2.75) is 5.75 Å². The monoisotopic (exact) mass is 308 g/mol. The van der Waals surface area contributed by atoms with E-state index in [1.807, 2.05) is 18.2 Å². The van der Waals surface area contributed by atoms with Crippen LogP contribution in [0.1, 0.15) is 5.56 Å². The standard InChI is InChI=1S/C15H20N2O3S/c18-21(19,14-15-6-2-1-3-7-15)16-8-4-5-9-17-10-12-20-13-11-17/h1-3,6-7,16H,8-14H2. The van der Waals surface area contributed by atoms with E-state index in [2.05, 4.69) is 21.5 Å². The quantitative estimate of drug-likeness (QED) is 0.802. The van der Waals surface area contributed by atoms with Gasteiger partial charge in [-0.05, 0) is 5.56 Å². The minimum Gasteiger partial charge on any atom is -0.379 e. The maximum Gasteiger partial charge on any atom is 0.216 e. The number of morpholine rings is 1. The van der Waals surface area contributed by atoms with Gasteiger partial charge >= 0.3 is 0 Å². The van der Waals surface area contributed by atoms with Crippen molar-refractivity contribution in [1.82, 2.24) is 9.62 Å². The first-order chi connectivity index (χ1) is 10.2. The summed E-state index contributed by atoms with van der Waals surface area (Å²) in [4.78, 5) is 2.19. The average Bonchev–Trinajstić information content (AvgIpc) is 2.48. The van der Waals surface area contributed by atoms with Crippen LogP contribution in [0.15, 0.2) is 30.3 Å². The summed E-state index contributed by atoms with van der Waals surface area (Å²) >= 11 is 0. The van der Waals surface area contributed by atoms with Gasteiger partial charge in [0.05, 0.1) is 32.1 Å². The molecule has 6 heteroatoms. The molecule has 1 aliphatic heterocycles. The van der Waals surface area contributed by atoms with Gasteiger partial charge < -0.3 is 4.74 Å². The Morgan fingerprint density at radius 1 is 1.14 bits per heavy atom. The van der Waals surface area contributed by atoms with Crippen molar-refractivity contribution >= 4 is 10.0 Å². The molecule has 0 amide bonds. The Hall–Kier alpha value is -1.39. The van der Waals surface area contributed by atoms with E-state index < -0.39 is 10.0 Å². The lowest BCUT2D eigenvalue weighted by atomic mass is 10.2. The van der Waals surface area contributed by atoms with Crippen LogP contribution in [0, 0.1) is 11.8 Å². The van der Waals surface area contributed by atoms with Crippen LogP contribution in [0.25, 0.3) is 0 Å². The van der Waals surface area contributed by atoms with E-state index in [0.29, 0.717) is 6.54 Å². The number of rotatable bonds is 5. The third-order valence-electron chi connectivity index (χ3n) is 3.11. The molecule has 1 aromatic carbocycles. The lowest BCUT2D eigenvalue weighted by molar-refractivity contribution is 0.0443. The van der Waals surface area contributed by atoms with Crippen molar-refractivity contribution < 1.29 is 13.2 Å². The van der Waals surface area contributed by atoms with Crippen LogP contribution in [0.5, 0.6) is 0 Å². The van der Waals surface area contributed by atoms with E-state index in [9.17, 15) is 8.42 Å². The van der Waals surface area contributed by atoms with Crippen LogP contribution in [0.3, 0.4) is 0 Å². The lowest BCUT2D eigenvalue weighted by Gasteiger charge is -2.24. The molecule has 0 radical (unpaired) electrons. The molecule has 5 nitrogen and oxygen atoms in total. The molecule has 1 heterocycles. The number of ether oxygens (including phenoxy) is 1. The molecule has 0 unspecified atom stereocenters. The predicted molar refractivity (Wildman–Crippen MR) is 82.1 cm³/mol. The molecule has 114 valence electrons. The normalized spacial score (nSPS) is 16.2. The minimum absolute atomic E-state index is 0.0149. The molecule has 0 spiro atoms. The van der Waals surface area contributed by atoms with Crippen LogP contribution < -0.4 is 4.72 Å². The van der Waals surface area contributed by atoms with Crippen LogP contribution in [-0.2, 0) is 20.5 Å². The smallest absolute Gasteiger partial charge is 0.216 e. The third-order valence-corrected chi connectivity index (χ3v) is 4.41. The molecule has 2 rings (SSSR count). The molecule has 1 aromatic rings. The van der Waals surface area contributed by atoms with Crippen molar-refractivity contribution in [3.8, 4) is 11.8 Å². The molecule has 1 fully saturated rings. The zero-order valence-corrected chi connectivity index (χ0v) is 12.7. The predicted octanol–water partition coefficient (Wildman–Crippen LogP) is 0.442. The molecule has 1 N–H and O–H groups in total. The molecule has 1 saturated heterocycles. The van der Waals surface area contributed by atoms with E-state index in [1.54, 1.807) is 12.1 Å². The highest BCUT2D eigenvalue weighted by Gasteiger charge is 2.10. The van der Waals surface area contributed by atoms with Crippen molar-refractivity contribution in [2.24, 2.45) is 0 Å². The summed E-state index contributed by atoms with van der Waals surface area (Å²) in [5, 5.41) is 0. The SMILES string of the molecule is O=S(=O)(Cc1ccccc1)NCC#CCN1CCOCC1. The van der Waals surface area contributed by atoms with Gasteiger partial charge in [-0.15, -0.1) is 0 Å². The third kappa shape index (κ3) is 6.27. The second-order valence-electron chi connectivity index (χ2n) is 4.81. The summed E-state index contributed by atoms with van der Waals surface area (Å²) in [5.41, 5.74) is 0.770. The fourth-order valence-corrected chi connectivity index (χ4v) is 3.01. The van der Waals surface area contributed by atoms with Gasteiger partial charge in [-0.1, -0.05) is 42.2 Å². The van der Waals surface area contributed by atoms with Crippen LogP contribution in [0.2, 0.25) is 0 Å². The van der Waals surface area contributed by atoms with Crippen molar-refractivity contribution in [1.29, 1.82) is 0 Å². The summed E-state index contributed by atoms with van der Waals surface area (Å²) in [6.45, 7) is 4.06. The summed E-state index contributed by atoms with van der Waals surface area (Å²) in [6.07, 6.45) is 0. The van der Waals surface area contributed by atoms with Gasteiger partial charge in [0.2, 0.25) is 10.0 Å². The van der Waals surface area contributed by atoms with Gasteiger partial charge in [-0.2, -0.15) is 0 Å². The summed E-state index contributed by atoms with van der Waals surface area (Å²) in [7, 11) is -3.33. The first-order valence-electron chi connectivity index (χ1n) is 6.93. The molecule has 0 atom stereocenters. The van der Waals surface area contributed by atoms with Gasteiger partial charge in [0.15, 0.2) is 0 Å². The highest BCUT2D eigenvalue weighted by Crippen LogP contribution is 2.03. The summed E-state index contributed by atoms with van der Waals surface area (Å²) < 4.78 is 31.5. The van der Waals surface area contributed by atoms with Gasteiger partial charge in [-0.3, -0.25) is 4.90 Å². The number of nitrogens with one attached hydrogen (secondary N) is 1. The second kappa shape index (κ2) is 8.15. The van der Waals surface area contributed by atoms with Crippen LogP contribution in [0.4, 0.5) is 0 Å². The number of benzene rings is 1. The highest BCUT2D eigenvalue weighted by atomic mass is 32.2. The van der Waals surface area contributed by atoms with E-state index in [4.69, 9.17) is 4.74 Å². The van der Waals surface area contributed by atoms with Crippen LogP contribution >= 0.6 is 0 Å². The largest absolute Gasteiger partial charge is 0.379 e. The molecular formula is C15H20N2O3S. The summed E-state index contributed by atoms with van der Waals surface area (Å²) in [5.74, 6) is 5.82. The average molecular weight is 308 g/mol. The maximum atomic E-state index is 11.9. The Balaban J connectivity index is 1.72. The molecule has 0 saturated carbocycles. The summed E-state index contributed by atoms with van der Waals surface area (Å²) in [6, 6.07) is 9.10. The number of nitrogens with zero attached hydrogens (tertiary/aromatic N) is 1.